The fraction of sp³-hybridized carbons (Fsp3) is 0.500. The highest BCUT2D eigenvalue weighted by molar-refractivity contribution is 5.76. The van der Waals surface area contributed by atoms with Gasteiger partial charge in [-0.15, -0.1) is 0 Å². The fourth-order valence-electron chi connectivity index (χ4n) is 4.70. The Morgan fingerprint density at radius 2 is 1.89 bits per heavy atom. The molecule has 1 atom stereocenters. The van der Waals surface area contributed by atoms with Crippen LogP contribution in [0.4, 0.5) is 24.5 Å². The number of nitriles is 1. The summed E-state index contributed by atoms with van der Waals surface area (Å²) >= 11 is 0. The normalized spacial score (nSPS) is 18.4. The number of alkyl halides is 3. The molecule has 192 valence electrons. The minimum atomic E-state index is -4.80. The summed E-state index contributed by atoms with van der Waals surface area (Å²) in [5.41, 5.74) is -1.15. The SMILES string of the molecule is N#Cc1ccc(N2CCN(C(=O)CCOCC3CCCN3c3cn[nH]c(=O)c3C(F)(F)F)CC2)cc1. The number of piperazine rings is 1. The van der Waals surface area contributed by atoms with Gasteiger partial charge in [0.2, 0.25) is 5.91 Å². The van der Waals surface area contributed by atoms with Crippen LogP contribution in [0.3, 0.4) is 0 Å². The average Bonchev–Trinajstić information content (AvgIpc) is 3.34. The lowest BCUT2D eigenvalue weighted by Crippen LogP contribution is -2.49. The zero-order chi connectivity index (χ0) is 25.7. The minimum Gasteiger partial charge on any atom is -0.379 e. The summed E-state index contributed by atoms with van der Waals surface area (Å²) in [5.74, 6) is -0.0316. The molecular formula is C24H27F3N6O3. The quantitative estimate of drug-likeness (QED) is 0.578. The van der Waals surface area contributed by atoms with E-state index in [2.05, 4.69) is 16.1 Å². The van der Waals surface area contributed by atoms with E-state index >= 15 is 0 Å². The van der Waals surface area contributed by atoms with Crippen LogP contribution in [0.15, 0.2) is 35.3 Å². The van der Waals surface area contributed by atoms with E-state index in [0.717, 1.165) is 11.9 Å². The van der Waals surface area contributed by atoms with Crippen molar-refractivity contribution in [1.82, 2.24) is 15.1 Å². The molecule has 3 heterocycles. The third-order valence-electron chi connectivity index (χ3n) is 6.57. The maximum atomic E-state index is 13.5. The third-order valence-corrected chi connectivity index (χ3v) is 6.57. The van der Waals surface area contributed by atoms with Crippen LogP contribution in [0.5, 0.6) is 0 Å². The predicted octanol–water partition coefficient (Wildman–Crippen LogP) is 2.38. The van der Waals surface area contributed by atoms with Crippen LogP contribution in [0.1, 0.15) is 30.4 Å². The molecule has 4 rings (SSSR count). The van der Waals surface area contributed by atoms with Crippen molar-refractivity contribution in [3.63, 3.8) is 0 Å². The summed E-state index contributed by atoms with van der Waals surface area (Å²) < 4.78 is 46.0. The number of aromatic amines is 1. The second-order valence-corrected chi connectivity index (χ2v) is 8.80. The smallest absolute Gasteiger partial charge is 0.379 e. The number of carbonyl (C=O) groups excluding carboxylic acids is 1. The van der Waals surface area contributed by atoms with Gasteiger partial charge in [0.05, 0.1) is 49.2 Å². The van der Waals surface area contributed by atoms with E-state index in [1.54, 1.807) is 17.0 Å². The van der Waals surface area contributed by atoms with Crippen molar-refractivity contribution in [1.29, 1.82) is 5.26 Å². The van der Waals surface area contributed by atoms with Crippen LogP contribution in [0.25, 0.3) is 0 Å². The minimum absolute atomic E-state index is 0.0316. The van der Waals surface area contributed by atoms with Crippen LogP contribution in [0.2, 0.25) is 0 Å². The maximum absolute atomic E-state index is 13.5. The number of hydrogen-bond donors (Lipinski definition) is 1. The standard InChI is InChI=1S/C24H27F3N6O3/c25-24(26,27)22-20(15-29-30-23(22)35)33-8-1-2-19(33)16-36-13-7-21(34)32-11-9-31(10-12-32)18-5-3-17(14-28)4-6-18/h3-6,15,19H,1-2,7-13,16H2,(H,30,35). The van der Waals surface area contributed by atoms with Crippen LogP contribution < -0.4 is 15.4 Å². The Labute approximate surface area is 206 Å². The van der Waals surface area contributed by atoms with Crippen molar-refractivity contribution in [2.45, 2.75) is 31.5 Å². The molecule has 1 amide bonds. The summed E-state index contributed by atoms with van der Waals surface area (Å²) in [5, 5.41) is 14.3. The van der Waals surface area contributed by atoms with Crippen LogP contribution in [-0.4, -0.2) is 73.0 Å². The zero-order valence-corrected chi connectivity index (χ0v) is 19.6. The van der Waals surface area contributed by atoms with Crippen molar-refractivity contribution < 1.29 is 22.7 Å². The lowest BCUT2D eigenvalue weighted by Gasteiger charge is -2.36. The van der Waals surface area contributed by atoms with Crippen LogP contribution in [0, 0.1) is 11.3 Å². The van der Waals surface area contributed by atoms with Crippen molar-refractivity contribution in [2.24, 2.45) is 0 Å². The van der Waals surface area contributed by atoms with Crippen LogP contribution in [-0.2, 0) is 15.7 Å². The van der Waals surface area contributed by atoms with Gasteiger partial charge in [-0.25, -0.2) is 5.10 Å². The van der Waals surface area contributed by atoms with E-state index < -0.39 is 17.3 Å². The number of H-pyrrole nitrogens is 1. The van der Waals surface area contributed by atoms with Crippen LogP contribution >= 0.6 is 0 Å². The first kappa shape index (κ1) is 25.5. The summed E-state index contributed by atoms with van der Waals surface area (Å²) in [4.78, 5) is 29.9. The number of nitrogens with one attached hydrogen (secondary N) is 1. The molecule has 2 aliphatic rings. The van der Waals surface area contributed by atoms with Crippen molar-refractivity contribution >= 4 is 17.3 Å². The van der Waals surface area contributed by atoms with Crippen molar-refractivity contribution in [2.75, 3.05) is 55.7 Å². The van der Waals surface area contributed by atoms with Gasteiger partial charge in [-0.3, -0.25) is 9.59 Å². The molecule has 0 saturated carbocycles. The molecule has 2 fully saturated rings. The first-order valence-corrected chi connectivity index (χ1v) is 11.8. The number of ether oxygens (including phenoxy) is 1. The Morgan fingerprint density at radius 3 is 2.56 bits per heavy atom. The first-order valence-electron chi connectivity index (χ1n) is 11.8. The number of rotatable bonds is 7. The second-order valence-electron chi connectivity index (χ2n) is 8.80. The van der Waals surface area contributed by atoms with E-state index in [1.165, 1.54) is 4.90 Å². The van der Waals surface area contributed by atoms with E-state index in [1.807, 2.05) is 17.2 Å². The summed E-state index contributed by atoms with van der Waals surface area (Å²) in [6.07, 6.45) is -2.29. The third kappa shape index (κ3) is 5.79. The molecule has 2 aliphatic heterocycles. The van der Waals surface area contributed by atoms with Crippen molar-refractivity contribution in [3.05, 3.63) is 51.9 Å². The highest BCUT2D eigenvalue weighted by atomic mass is 19.4. The molecule has 0 spiro atoms. The Bertz CT molecular complexity index is 1150. The Hall–Kier alpha value is -3.59. The van der Waals surface area contributed by atoms with Gasteiger partial charge in [0, 0.05) is 38.4 Å². The number of hydrogen-bond acceptors (Lipinski definition) is 7. The molecule has 0 bridgehead atoms. The van der Waals surface area contributed by atoms with Gasteiger partial charge in [-0.05, 0) is 37.1 Å². The number of aromatic nitrogens is 2. The highest BCUT2D eigenvalue weighted by Crippen LogP contribution is 2.36. The molecule has 1 N–H and O–H groups in total. The second kappa shape index (κ2) is 11.0. The van der Waals surface area contributed by atoms with Gasteiger partial charge in [-0.2, -0.15) is 23.5 Å². The molecule has 12 heteroatoms. The topological polar surface area (TPSA) is 106 Å². The summed E-state index contributed by atoms with van der Waals surface area (Å²) in [7, 11) is 0. The fourth-order valence-corrected chi connectivity index (χ4v) is 4.70. The van der Waals surface area contributed by atoms with Crippen molar-refractivity contribution in [3.8, 4) is 6.07 Å². The lowest BCUT2D eigenvalue weighted by molar-refractivity contribution is -0.138. The van der Waals surface area contributed by atoms with E-state index in [9.17, 15) is 22.8 Å². The van der Waals surface area contributed by atoms with Gasteiger partial charge in [0.15, 0.2) is 0 Å². The molecular weight excluding hydrogens is 477 g/mol. The number of halogens is 3. The molecule has 36 heavy (non-hydrogen) atoms. The molecule has 1 aromatic carbocycles. The molecule has 1 unspecified atom stereocenters. The number of amides is 1. The Balaban J connectivity index is 1.24. The molecule has 0 aliphatic carbocycles. The van der Waals surface area contributed by atoms with Gasteiger partial charge in [0.25, 0.3) is 5.56 Å². The van der Waals surface area contributed by atoms with Gasteiger partial charge < -0.3 is 19.4 Å². The molecule has 1 aromatic heterocycles. The highest BCUT2D eigenvalue weighted by Gasteiger charge is 2.40. The molecule has 2 aromatic rings. The van der Waals surface area contributed by atoms with E-state index in [0.29, 0.717) is 51.1 Å². The predicted molar refractivity (Wildman–Crippen MR) is 126 cm³/mol. The number of carbonyl (C=O) groups is 1. The number of anilines is 2. The van der Waals surface area contributed by atoms with E-state index in [4.69, 9.17) is 10.00 Å². The lowest BCUT2D eigenvalue weighted by atomic mass is 10.2. The largest absolute Gasteiger partial charge is 0.423 e. The molecule has 0 radical (unpaired) electrons. The van der Waals surface area contributed by atoms with Gasteiger partial charge in [0.1, 0.15) is 5.56 Å². The summed E-state index contributed by atoms with van der Waals surface area (Å²) in [6.45, 7) is 3.20. The van der Waals surface area contributed by atoms with Gasteiger partial charge in [-0.1, -0.05) is 0 Å². The maximum Gasteiger partial charge on any atom is 0.423 e. The first-order chi connectivity index (χ1) is 17.3. The van der Waals surface area contributed by atoms with Gasteiger partial charge >= 0.3 is 6.18 Å². The average molecular weight is 505 g/mol. The number of benzene rings is 1. The Kier molecular flexibility index (Phi) is 7.79. The zero-order valence-electron chi connectivity index (χ0n) is 19.6. The summed E-state index contributed by atoms with van der Waals surface area (Å²) in [6, 6.07) is 9.10. The number of nitrogens with zero attached hydrogens (tertiary/aromatic N) is 5. The molecule has 2 saturated heterocycles. The Morgan fingerprint density at radius 1 is 1.17 bits per heavy atom. The van der Waals surface area contributed by atoms with E-state index in [-0.39, 0.29) is 37.3 Å². The monoisotopic (exact) mass is 504 g/mol. The molecule has 9 nitrogen and oxygen atoms in total.